The van der Waals surface area contributed by atoms with E-state index < -0.39 is 5.97 Å². The van der Waals surface area contributed by atoms with Crippen LogP contribution < -0.4 is 5.32 Å². The number of thiophene rings is 2. The molecule has 0 saturated heterocycles. The second-order valence-electron chi connectivity index (χ2n) is 6.29. The average Bonchev–Trinajstić information content (AvgIpc) is 3.44. The van der Waals surface area contributed by atoms with E-state index >= 15 is 0 Å². The molecule has 0 aliphatic heterocycles. The van der Waals surface area contributed by atoms with E-state index in [-0.39, 0.29) is 24.0 Å². The zero-order valence-electron chi connectivity index (χ0n) is 16.7. The van der Waals surface area contributed by atoms with Crippen LogP contribution in [0.1, 0.15) is 33.9 Å². The fraction of sp³-hybridized carbons (Fsp3) is 0.227. The number of carbonyl (C=O) groups excluding carboxylic acids is 3. The lowest BCUT2D eigenvalue weighted by Crippen LogP contribution is -2.34. The molecule has 6 nitrogen and oxygen atoms in total. The van der Waals surface area contributed by atoms with Gasteiger partial charge < -0.3 is 15.0 Å². The average molecular weight is 443 g/mol. The van der Waals surface area contributed by atoms with Crippen molar-refractivity contribution in [1.82, 2.24) is 4.90 Å². The van der Waals surface area contributed by atoms with Crippen LogP contribution in [0.3, 0.4) is 0 Å². The maximum Gasteiger partial charge on any atom is 0.342 e. The summed E-state index contributed by atoms with van der Waals surface area (Å²) in [6.07, 6.45) is 0. The highest BCUT2D eigenvalue weighted by molar-refractivity contribution is 7.15. The molecule has 2 heterocycles. The van der Waals surface area contributed by atoms with E-state index in [9.17, 15) is 14.4 Å². The molecule has 0 aliphatic carbocycles. The fourth-order valence-corrected chi connectivity index (χ4v) is 4.49. The van der Waals surface area contributed by atoms with E-state index in [0.717, 1.165) is 5.56 Å². The first-order chi connectivity index (χ1) is 14.5. The van der Waals surface area contributed by atoms with Crippen LogP contribution in [0.25, 0.3) is 11.1 Å². The number of hydrogen-bond acceptors (Lipinski definition) is 6. The minimum Gasteiger partial charge on any atom is -0.452 e. The number of amides is 2. The summed E-state index contributed by atoms with van der Waals surface area (Å²) in [4.78, 5) is 39.9. The molecule has 0 aliphatic rings. The number of rotatable bonds is 8. The summed E-state index contributed by atoms with van der Waals surface area (Å²) in [5.41, 5.74) is 1.73. The van der Waals surface area contributed by atoms with Gasteiger partial charge in [-0.3, -0.25) is 9.59 Å². The van der Waals surface area contributed by atoms with Crippen LogP contribution in [-0.4, -0.2) is 42.4 Å². The van der Waals surface area contributed by atoms with Crippen molar-refractivity contribution in [2.24, 2.45) is 0 Å². The second-order valence-corrected chi connectivity index (χ2v) is 8.12. The smallest absolute Gasteiger partial charge is 0.342 e. The van der Waals surface area contributed by atoms with Crippen LogP contribution in [0, 0.1) is 0 Å². The molecule has 2 amide bonds. The predicted molar refractivity (Wildman–Crippen MR) is 120 cm³/mol. The Kier molecular flexibility index (Phi) is 7.37. The summed E-state index contributed by atoms with van der Waals surface area (Å²) >= 11 is 2.57. The Morgan fingerprint density at radius 3 is 2.37 bits per heavy atom. The molecule has 0 spiro atoms. The van der Waals surface area contributed by atoms with E-state index in [0.29, 0.717) is 28.5 Å². The highest BCUT2D eigenvalue weighted by Gasteiger charge is 2.24. The maximum atomic E-state index is 13.0. The van der Waals surface area contributed by atoms with Gasteiger partial charge in [0.05, 0.1) is 4.88 Å². The van der Waals surface area contributed by atoms with Crippen LogP contribution in [0.2, 0.25) is 0 Å². The molecular weight excluding hydrogens is 420 g/mol. The van der Waals surface area contributed by atoms with Crippen molar-refractivity contribution in [3.8, 4) is 11.1 Å². The Bertz CT molecular complexity index is 1010. The number of nitrogens with one attached hydrogen (secondary N) is 1. The quantitative estimate of drug-likeness (QED) is 0.511. The van der Waals surface area contributed by atoms with Crippen molar-refractivity contribution in [2.75, 3.05) is 25.0 Å². The molecule has 0 saturated carbocycles. The summed E-state index contributed by atoms with van der Waals surface area (Å²) in [5, 5.41) is 6.83. The fourth-order valence-electron chi connectivity index (χ4n) is 2.92. The van der Waals surface area contributed by atoms with Crippen molar-refractivity contribution in [3.05, 3.63) is 63.7 Å². The molecule has 3 rings (SSSR count). The van der Waals surface area contributed by atoms with Gasteiger partial charge in [0.15, 0.2) is 6.61 Å². The van der Waals surface area contributed by atoms with Gasteiger partial charge in [0.25, 0.3) is 11.8 Å². The molecule has 30 heavy (non-hydrogen) atoms. The Morgan fingerprint density at radius 1 is 1.00 bits per heavy atom. The van der Waals surface area contributed by atoms with E-state index in [2.05, 4.69) is 5.32 Å². The number of carbonyl (C=O) groups is 3. The van der Waals surface area contributed by atoms with Crippen LogP contribution >= 0.6 is 22.7 Å². The van der Waals surface area contributed by atoms with Gasteiger partial charge in [-0.1, -0.05) is 36.4 Å². The third kappa shape index (κ3) is 4.95. The minimum atomic E-state index is -0.642. The van der Waals surface area contributed by atoms with E-state index in [1.807, 2.05) is 54.9 Å². The normalized spacial score (nSPS) is 10.5. The summed E-state index contributed by atoms with van der Waals surface area (Å²) in [5.74, 6) is -1.19. The van der Waals surface area contributed by atoms with Crippen LogP contribution in [-0.2, 0) is 9.53 Å². The van der Waals surface area contributed by atoms with Gasteiger partial charge in [0.1, 0.15) is 10.6 Å². The molecule has 2 aromatic heterocycles. The van der Waals surface area contributed by atoms with E-state index in [4.69, 9.17) is 4.74 Å². The van der Waals surface area contributed by atoms with E-state index in [1.54, 1.807) is 17.0 Å². The number of hydrogen-bond donors (Lipinski definition) is 1. The highest BCUT2D eigenvalue weighted by Crippen LogP contribution is 2.36. The first kappa shape index (κ1) is 21.7. The van der Waals surface area contributed by atoms with Crippen molar-refractivity contribution in [2.45, 2.75) is 13.8 Å². The van der Waals surface area contributed by atoms with Gasteiger partial charge in [0, 0.05) is 24.0 Å². The lowest BCUT2D eigenvalue weighted by Gasteiger charge is -2.18. The van der Waals surface area contributed by atoms with Crippen molar-refractivity contribution >= 4 is 45.5 Å². The Morgan fingerprint density at radius 2 is 1.73 bits per heavy atom. The van der Waals surface area contributed by atoms with Gasteiger partial charge in [-0.15, -0.1) is 22.7 Å². The summed E-state index contributed by atoms with van der Waals surface area (Å²) in [6, 6.07) is 12.9. The van der Waals surface area contributed by atoms with Crippen molar-refractivity contribution in [1.29, 1.82) is 0 Å². The summed E-state index contributed by atoms with van der Waals surface area (Å²) < 4.78 is 5.34. The van der Waals surface area contributed by atoms with Gasteiger partial charge in [-0.2, -0.15) is 0 Å². The van der Waals surface area contributed by atoms with Crippen molar-refractivity contribution < 1.29 is 19.1 Å². The summed E-state index contributed by atoms with van der Waals surface area (Å²) in [7, 11) is 0. The van der Waals surface area contributed by atoms with E-state index in [1.165, 1.54) is 22.7 Å². The first-order valence-corrected chi connectivity index (χ1v) is 11.3. The largest absolute Gasteiger partial charge is 0.452 e. The summed E-state index contributed by atoms with van der Waals surface area (Å²) in [6.45, 7) is 4.48. The molecule has 0 atom stereocenters. The van der Waals surface area contributed by atoms with Gasteiger partial charge in [-0.05, 0) is 30.9 Å². The van der Waals surface area contributed by atoms with Gasteiger partial charge in [-0.25, -0.2) is 4.79 Å². The second kappa shape index (κ2) is 10.2. The lowest BCUT2D eigenvalue weighted by atomic mass is 10.0. The van der Waals surface area contributed by atoms with Crippen LogP contribution in [0.15, 0.2) is 53.2 Å². The Labute approximate surface area is 183 Å². The molecule has 156 valence electrons. The zero-order valence-corrected chi connectivity index (χ0v) is 18.3. The standard InChI is InChI=1S/C22H22N2O4S2/c1-3-24(4-2)18(25)13-28-22(27)19-16(15-9-6-5-7-10-15)14-30-21(19)23-20(26)17-11-8-12-29-17/h5-12,14H,3-4,13H2,1-2H3,(H,23,26). The van der Waals surface area contributed by atoms with Gasteiger partial charge >= 0.3 is 5.97 Å². The lowest BCUT2D eigenvalue weighted by molar-refractivity contribution is -0.134. The number of esters is 1. The number of ether oxygens (including phenoxy) is 1. The molecule has 8 heteroatoms. The third-order valence-corrected chi connectivity index (χ3v) is 6.26. The molecule has 0 fully saturated rings. The highest BCUT2D eigenvalue weighted by atomic mass is 32.1. The molecule has 0 radical (unpaired) electrons. The number of benzene rings is 1. The number of nitrogens with zero attached hydrogens (tertiary/aromatic N) is 1. The molecule has 0 bridgehead atoms. The SMILES string of the molecule is CCN(CC)C(=O)COC(=O)c1c(-c2ccccc2)csc1NC(=O)c1cccs1. The molecular formula is C22H22N2O4S2. The van der Waals surface area contributed by atoms with Crippen LogP contribution in [0.5, 0.6) is 0 Å². The topological polar surface area (TPSA) is 75.7 Å². The zero-order chi connectivity index (χ0) is 21.5. The number of anilines is 1. The minimum absolute atomic E-state index is 0.253. The molecule has 3 aromatic rings. The maximum absolute atomic E-state index is 13.0. The molecule has 1 aromatic carbocycles. The van der Waals surface area contributed by atoms with Gasteiger partial charge in [0.2, 0.25) is 0 Å². The molecule has 1 N–H and O–H groups in total. The number of likely N-dealkylation sites (N-methyl/N-ethyl adjacent to an activating group) is 1. The predicted octanol–water partition coefficient (Wildman–Crippen LogP) is 4.75. The van der Waals surface area contributed by atoms with Crippen LogP contribution in [0.4, 0.5) is 5.00 Å². The Balaban J connectivity index is 1.87. The monoisotopic (exact) mass is 442 g/mol. The molecule has 0 unspecified atom stereocenters. The third-order valence-electron chi connectivity index (χ3n) is 4.49. The Hall–Kier alpha value is -2.97. The first-order valence-electron chi connectivity index (χ1n) is 9.51. The van der Waals surface area contributed by atoms with Crippen molar-refractivity contribution in [3.63, 3.8) is 0 Å².